The molecule has 1 nitrogen and oxygen atoms in total. The van der Waals surface area contributed by atoms with E-state index in [0.717, 1.165) is 17.3 Å². The molecule has 0 spiro atoms. The van der Waals surface area contributed by atoms with E-state index < -0.39 is 0 Å². The summed E-state index contributed by atoms with van der Waals surface area (Å²) in [5, 5.41) is 0. The van der Waals surface area contributed by atoms with Gasteiger partial charge in [0.1, 0.15) is 0 Å². The number of hydrogen-bond acceptors (Lipinski definition) is 1. The van der Waals surface area contributed by atoms with Gasteiger partial charge in [0.25, 0.3) is 0 Å². The predicted molar refractivity (Wildman–Crippen MR) is 66.8 cm³/mol. The summed E-state index contributed by atoms with van der Waals surface area (Å²) in [5.41, 5.74) is 0. The van der Waals surface area contributed by atoms with E-state index in [-0.39, 0.29) is 25.6 Å². The number of carbonyl (C=O) groups excluding carboxylic acids is 1. The van der Waals surface area contributed by atoms with Crippen molar-refractivity contribution in [1.82, 2.24) is 0 Å². The molecule has 1 atom stereocenters. The molecule has 0 saturated carbocycles. The molecule has 0 aliphatic heterocycles. The molecule has 0 bridgehead atoms. The van der Waals surface area contributed by atoms with Crippen LogP contribution in [-0.4, -0.2) is 20.7 Å². The Hall–Kier alpha value is -0.371. The van der Waals surface area contributed by atoms with E-state index in [1.54, 1.807) is 6.08 Å². The molecule has 0 radical (unpaired) electrons. The molecule has 3 heteroatoms. The fourth-order valence-corrected chi connectivity index (χ4v) is 4.20. The van der Waals surface area contributed by atoms with E-state index in [2.05, 4.69) is 28.1 Å². The number of benzene rings is 1. The maximum atomic E-state index is 11.7. The van der Waals surface area contributed by atoms with Gasteiger partial charge in [-0.05, 0) is 0 Å². The number of carbonyl (C=O) groups is 1. The number of hydrogen-bond donors (Lipinski definition) is 0. The summed E-state index contributed by atoms with van der Waals surface area (Å²) < 4.78 is 2.36. The Labute approximate surface area is 104 Å². The van der Waals surface area contributed by atoms with Gasteiger partial charge in [-0.25, -0.2) is 0 Å². The van der Waals surface area contributed by atoms with E-state index in [0.29, 0.717) is 0 Å². The van der Waals surface area contributed by atoms with Gasteiger partial charge in [-0.1, -0.05) is 0 Å². The van der Waals surface area contributed by atoms with Gasteiger partial charge in [-0.2, -0.15) is 0 Å². The molecule has 0 heterocycles. The minimum absolute atomic E-state index is 0.237. The molecule has 0 fully saturated rings. The molecule has 78 valence electrons. The van der Waals surface area contributed by atoms with Crippen LogP contribution in [0.4, 0.5) is 0 Å². The zero-order chi connectivity index (χ0) is 10.7. The van der Waals surface area contributed by atoms with Crippen molar-refractivity contribution in [1.29, 1.82) is 0 Å². The van der Waals surface area contributed by atoms with Crippen molar-refractivity contribution in [2.45, 2.75) is 17.7 Å². The van der Waals surface area contributed by atoms with Gasteiger partial charge in [-0.3, -0.25) is 0 Å². The first kappa shape index (κ1) is 11.1. The molecule has 1 aliphatic rings. The molecule has 1 aromatic rings. The van der Waals surface area contributed by atoms with Crippen molar-refractivity contribution in [2.75, 3.05) is 0 Å². The Balaban J connectivity index is 2.05. The molecule has 1 aliphatic carbocycles. The predicted octanol–water partition coefficient (Wildman–Crippen LogP) is 2.45. The van der Waals surface area contributed by atoms with E-state index in [1.807, 2.05) is 18.2 Å². The fourth-order valence-electron chi connectivity index (χ4n) is 1.51. The second-order valence-corrected chi connectivity index (χ2v) is 7.15. The van der Waals surface area contributed by atoms with Crippen molar-refractivity contribution >= 4 is 41.1 Å². The number of ketones is 1. The van der Waals surface area contributed by atoms with Crippen molar-refractivity contribution in [3.05, 3.63) is 40.9 Å². The van der Waals surface area contributed by atoms with Crippen molar-refractivity contribution in [3.63, 3.8) is 0 Å². The van der Waals surface area contributed by atoms with Crippen LogP contribution in [0.25, 0.3) is 0 Å². The summed E-state index contributed by atoms with van der Waals surface area (Å²) in [6, 6.07) is 10.3. The molecular weight excluding hydrogens is 319 g/mol. The summed E-state index contributed by atoms with van der Waals surface area (Å²) in [6.45, 7) is 0. The van der Waals surface area contributed by atoms with E-state index >= 15 is 0 Å². The molecule has 1 aromatic carbocycles. The summed E-state index contributed by atoms with van der Waals surface area (Å²) in [5.74, 6) is 0.289. The van der Waals surface area contributed by atoms with Crippen LogP contribution in [0, 0.1) is 0 Å². The van der Waals surface area contributed by atoms with Crippen LogP contribution in [-0.2, 0) is 4.79 Å². The molecule has 0 N–H and O–H groups in total. The van der Waals surface area contributed by atoms with Gasteiger partial charge >= 0.3 is 104 Å². The summed E-state index contributed by atoms with van der Waals surface area (Å²) in [6.07, 6.45) is 3.74. The first-order chi connectivity index (χ1) is 7.25. The zero-order valence-corrected chi connectivity index (χ0v) is 11.4. The third-order valence-electron chi connectivity index (χ3n) is 2.28. The monoisotopic (exact) mass is 330 g/mol. The average molecular weight is 330 g/mol. The molecule has 0 aromatic heterocycles. The Morgan fingerprint density at radius 3 is 2.67 bits per heavy atom. The van der Waals surface area contributed by atoms with Crippen LogP contribution in [0.1, 0.15) is 12.8 Å². The van der Waals surface area contributed by atoms with Gasteiger partial charge in [0.2, 0.25) is 0 Å². The fraction of sp³-hybridized carbons (Fsp3) is 0.250. The third kappa shape index (κ3) is 3.04. The molecule has 1 unspecified atom stereocenters. The van der Waals surface area contributed by atoms with Crippen LogP contribution < -0.4 is 4.46 Å². The van der Waals surface area contributed by atoms with E-state index in [4.69, 9.17) is 0 Å². The standard InChI is InChI=1S/C12H11BrOSe/c13-9-6-7-12(11(14)8-9)15-10-4-2-1-3-5-10/h1-5,8,12H,6-7H2. The molecule has 0 saturated heterocycles. The van der Waals surface area contributed by atoms with Gasteiger partial charge in [0.05, 0.1) is 0 Å². The summed E-state index contributed by atoms with van der Waals surface area (Å²) >= 11 is 3.67. The van der Waals surface area contributed by atoms with Crippen LogP contribution in [0.3, 0.4) is 0 Å². The number of halogens is 1. The topological polar surface area (TPSA) is 17.1 Å². The van der Waals surface area contributed by atoms with Gasteiger partial charge in [0, 0.05) is 0 Å². The molecule has 0 amide bonds. The number of allylic oxidation sites excluding steroid dienone is 2. The maximum absolute atomic E-state index is 11.7. The second-order valence-electron chi connectivity index (χ2n) is 3.45. The van der Waals surface area contributed by atoms with Gasteiger partial charge in [-0.15, -0.1) is 0 Å². The van der Waals surface area contributed by atoms with Crippen molar-refractivity contribution in [2.24, 2.45) is 0 Å². The van der Waals surface area contributed by atoms with E-state index in [1.165, 1.54) is 4.46 Å². The average Bonchev–Trinajstić information content (AvgIpc) is 2.24. The van der Waals surface area contributed by atoms with E-state index in [9.17, 15) is 4.79 Å². The summed E-state index contributed by atoms with van der Waals surface area (Å²) in [7, 11) is 0. The normalized spacial score (nSPS) is 21.3. The number of rotatable bonds is 2. The van der Waals surface area contributed by atoms with Crippen LogP contribution in [0.5, 0.6) is 0 Å². The Kier molecular flexibility index (Phi) is 3.79. The Morgan fingerprint density at radius 1 is 1.27 bits per heavy atom. The quantitative estimate of drug-likeness (QED) is 0.762. The minimum atomic E-state index is 0.237. The zero-order valence-electron chi connectivity index (χ0n) is 8.15. The van der Waals surface area contributed by atoms with Gasteiger partial charge in [0.15, 0.2) is 0 Å². The molecule has 2 rings (SSSR count). The molecular formula is C12H11BrOSe. The molecule has 15 heavy (non-hydrogen) atoms. The van der Waals surface area contributed by atoms with Crippen LogP contribution in [0.2, 0.25) is 4.82 Å². The summed E-state index contributed by atoms with van der Waals surface area (Å²) in [4.78, 5) is 12.0. The van der Waals surface area contributed by atoms with Crippen LogP contribution in [0.15, 0.2) is 40.9 Å². The second kappa shape index (κ2) is 5.11. The first-order valence-corrected chi connectivity index (χ1v) is 7.51. The Morgan fingerprint density at radius 2 is 2.00 bits per heavy atom. The van der Waals surface area contributed by atoms with Crippen molar-refractivity contribution in [3.8, 4) is 0 Å². The van der Waals surface area contributed by atoms with Crippen molar-refractivity contribution < 1.29 is 4.79 Å². The first-order valence-electron chi connectivity index (χ1n) is 4.87. The Bertz CT molecular complexity index is 386. The third-order valence-corrected chi connectivity index (χ3v) is 5.63. The van der Waals surface area contributed by atoms with Gasteiger partial charge < -0.3 is 0 Å². The SMILES string of the molecule is O=C1C=C(Br)CCC1[Se]c1ccccc1. The van der Waals surface area contributed by atoms with Crippen LogP contribution >= 0.6 is 15.9 Å².